The Bertz CT molecular complexity index is 1320. The summed E-state index contributed by atoms with van der Waals surface area (Å²) in [4.78, 5) is 40.6. The highest BCUT2D eigenvalue weighted by Gasteiger charge is 2.18. The number of nitrogens with one attached hydrogen (secondary N) is 2. The number of carbonyl (C=O) groups is 2. The van der Waals surface area contributed by atoms with E-state index in [0.717, 1.165) is 37.6 Å². The Labute approximate surface area is 236 Å². The molecule has 40 heavy (non-hydrogen) atoms. The monoisotopic (exact) mass is 545 g/mol. The molecule has 2 N–H and O–H groups in total. The van der Waals surface area contributed by atoms with Gasteiger partial charge in [-0.3, -0.25) is 9.59 Å². The highest BCUT2D eigenvalue weighted by molar-refractivity contribution is 6.08. The summed E-state index contributed by atoms with van der Waals surface area (Å²) in [6.07, 6.45) is 5.22. The number of nitrogens with zero attached hydrogens (tertiary/aromatic N) is 5. The summed E-state index contributed by atoms with van der Waals surface area (Å²) in [5, 5.41) is 6.08. The lowest BCUT2D eigenvalue weighted by molar-refractivity contribution is -0.114. The molecule has 4 rings (SSSR count). The summed E-state index contributed by atoms with van der Waals surface area (Å²) >= 11 is 0. The zero-order valence-corrected chi connectivity index (χ0v) is 24.0. The number of amides is 1. The quantitative estimate of drug-likeness (QED) is 0.339. The number of ketones is 1. The first-order chi connectivity index (χ1) is 19.2. The van der Waals surface area contributed by atoms with E-state index in [1.165, 1.54) is 26.2 Å². The third kappa shape index (κ3) is 7.26. The number of likely N-dealkylation sites (N-methyl/N-ethyl adjacent to an activating group) is 2. The van der Waals surface area contributed by atoms with E-state index < -0.39 is 0 Å². The Balaban J connectivity index is 1.56. The van der Waals surface area contributed by atoms with Crippen molar-refractivity contribution in [1.82, 2.24) is 14.9 Å². The van der Waals surface area contributed by atoms with E-state index >= 15 is 0 Å². The van der Waals surface area contributed by atoms with Crippen molar-refractivity contribution >= 4 is 40.4 Å². The van der Waals surface area contributed by atoms with Gasteiger partial charge in [-0.15, -0.1) is 0 Å². The molecule has 0 bridgehead atoms. The fourth-order valence-electron chi connectivity index (χ4n) is 4.70. The Kier molecular flexibility index (Phi) is 9.55. The molecule has 0 spiro atoms. The van der Waals surface area contributed by atoms with Crippen LogP contribution in [0.4, 0.5) is 28.7 Å². The van der Waals surface area contributed by atoms with Gasteiger partial charge in [0.2, 0.25) is 17.6 Å². The Morgan fingerprint density at radius 1 is 0.975 bits per heavy atom. The SMILES string of the molecule is COc1cc(N(C)CCN(C)C)c(NC(C)=O)cc1Nc1nccc(C(=O)c2ccc(N3CCCCC3)cc2)n1. The van der Waals surface area contributed by atoms with Crippen LogP contribution in [0.1, 0.15) is 42.2 Å². The molecule has 0 aliphatic carbocycles. The van der Waals surface area contributed by atoms with E-state index in [1.54, 1.807) is 25.4 Å². The molecule has 2 heterocycles. The van der Waals surface area contributed by atoms with Crippen molar-refractivity contribution in [2.45, 2.75) is 26.2 Å². The molecule has 1 aromatic heterocycles. The lowest BCUT2D eigenvalue weighted by Gasteiger charge is -2.28. The lowest BCUT2D eigenvalue weighted by Crippen LogP contribution is -2.29. The van der Waals surface area contributed by atoms with E-state index in [0.29, 0.717) is 22.7 Å². The second-order valence-corrected chi connectivity index (χ2v) is 10.3. The molecule has 0 unspecified atom stereocenters. The zero-order valence-electron chi connectivity index (χ0n) is 24.0. The van der Waals surface area contributed by atoms with Gasteiger partial charge >= 0.3 is 0 Å². The zero-order chi connectivity index (χ0) is 28.6. The van der Waals surface area contributed by atoms with Crippen LogP contribution in [0.2, 0.25) is 0 Å². The lowest BCUT2D eigenvalue weighted by atomic mass is 10.1. The number of benzene rings is 2. The second kappa shape index (κ2) is 13.3. The van der Waals surface area contributed by atoms with Gasteiger partial charge in [-0.2, -0.15) is 0 Å². The van der Waals surface area contributed by atoms with Crippen LogP contribution in [0.15, 0.2) is 48.7 Å². The van der Waals surface area contributed by atoms with Crippen LogP contribution in [0.25, 0.3) is 0 Å². The van der Waals surface area contributed by atoms with Gasteiger partial charge in [0.05, 0.1) is 24.2 Å². The van der Waals surface area contributed by atoms with Crippen LogP contribution in [0, 0.1) is 0 Å². The second-order valence-electron chi connectivity index (χ2n) is 10.3. The van der Waals surface area contributed by atoms with Crippen LogP contribution in [0.5, 0.6) is 5.75 Å². The summed E-state index contributed by atoms with van der Waals surface area (Å²) in [6, 6.07) is 13.0. The molecule has 2 aromatic carbocycles. The van der Waals surface area contributed by atoms with Gasteiger partial charge in [0.15, 0.2) is 0 Å². The molecule has 3 aromatic rings. The van der Waals surface area contributed by atoms with E-state index in [-0.39, 0.29) is 23.3 Å². The van der Waals surface area contributed by atoms with Gasteiger partial charge in [-0.1, -0.05) is 0 Å². The maximum atomic E-state index is 13.3. The standard InChI is InChI=1S/C30H39N7O3/c1-21(38)32-25-19-26(28(40-5)20-27(25)36(4)18-17-35(2)3)34-30-31-14-13-24(33-30)29(39)22-9-11-23(12-10-22)37-15-7-6-8-16-37/h9-14,19-20H,6-8,15-18H2,1-5H3,(H,32,38)(H,31,33,34). The van der Waals surface area contributed by atoms with E-state index in [1.807, 2.05) is 51.5 Å². The van der Waals surface area contributed by atoms with Crippen LogP contribution < -0.4 is 25.2 Å². The van der Waals surface area contributed by atoms with Crippen LogP contribution in [-0.2, 0) is 4.79 Å². The molecule has 0 atom stereocenters. The first-order valence-electron chi connectivity index (χ1n) is 13.6. The molecule has 10 heteroatoms. The van der Waals surface area contributed by atoms with Gasteiger partial charge in [0.1, 0.15) is 11.4 Å². The number of piperidine rings is 1. The fourth-order valence-corrected chi connectivity index (χ4v) is 4.70. The molecular weight excluding hydrogens is 506 g/mol. The Hall–Kier alpha value is -4.18. The number of hydrogen-bond acceptors (Lipinski definition) is 9. The van der Waals surface area contributed by atoms with Crippen LogP contribution >= 0.6 is 0 Å². The largest absolute Gasteiger partial charge is 0.494 e. The number of hydrogen-bond donors (Lipinski definition) is 2. The minimum Gasteiger partial charge on any atom is -0.494 e. The van der Waals surface area contributed by atoms with E-state index in [9.17, 15) is 9.59 Å². The number of anilines is 5. The van der Waals surface area contributed by atoms with Crippen molar-refractivity contribution in [2.24, 2.45) is 0 Å². The highest BCUT2D eigenvalue weighted by Crippen LogP contribution is 2.37. The molecule has 1 aliphatic heterocycles. The van der Waals surface area contributed by atoms with Gasteiger partial charge in [0.25, 0.3) is 0 Å². The molecule has 1 amide bonds. The van der Waals surface area contributed by atoms with E-state index in [4.69, 9.17) is 4.74 Å². The molecule has 1 aliphatic rings. The highest BCUT2D eigenvalue weighted by atomic mass is 16.5. The van der Waals surface area contributed by atoms with Gasteiger partial charge in [-0.25, -0.2) is 9.97 Å². The smallest absolute Gasteiger partial charge is 0.227 e. The molecule has 0 radical (unpaired) electrons. The van der Waals surface area contributed by atoms with Crippen LogP contribution in [-0.4, -0.2) is 81.0 Å². The van der Waals surface area contributed by atoms with Crippen molar-refractivity contribution in [1.29, 1.82) is 0 Å². The normalized spacial score (nSPS) is 13.2. The maximum absolute atomic E-state index is 13.3. The maximum Gasteiger partial charge on any atom is 0.227 e. The molecule has 1 fully saturated rings. The van der Waals surface area contributed by atoms with E-state index in [2.05, 4.69) is 35.3 Å². The van der Waals surface area contributed by atoms with Crippen molar-refractivity contribution in [3.05, 3.63) is 59.9 Å². The van der Waals surface area contributed by atoms with Crippen molar-refractivity contribution in [3.63, 3.8) is 0 Å². The number of ether oxygens (including phenoxy) is 1. The summed E-state index contributed by atoms with van der Waals surface area (Å²) in [6.45, 7) is 5.16. The minimum atomic E-state index is -0.187. The predicted molar refractivity (Wildman–Crippen MR) is 160 cm³/mol. The Morgan fingerprint density at radius 2 is 1.70 bits per heavy atom. The summed E-state index contributed by atoms with van der Waals surface area (Å²) < 4.78 is 5.66. The van der Waals surface area contributed by atoms with Gasteiger partial charge < -0.3 is 30.1 Å². The molecule has 1 saturated heterocycles. The number of carbonyl (C=O) groups excluding carboxylic acids is 2. The first kappa shape index (κ1) is 28.8. The molecular formula is C30H39N7O3. The molecule has 212 valence electrons. The van der Waals surface area contributed by atoms with Crippen molar-refractivity contribution in [3.8, 4) is 5.75 Å². The minimum absolute atomic E-state index is 0.181. The number of rotatable bonds is 11. The van der Waals surface area contributed by atoms with Crippen molar-refractivity contribution < 1.29 is 14.3 Å². The first-order valence-corrected chi connectivity index (χ1v) is 13.6. The van der Waals surface area contributed by atoms with Crippen molar-refractivity contribution in [2.75, 3.05) is 74.9 Å². The van der Waals surface area contributed by atoms with Crippen LogP contribution in [0.3, 0.4) is 0 Å². The average molecular weight is 546 g/mol. The fraction of sp³-hybridized carbons (Fsp3) is 0.400. The number of methoxy groups -OCH3 is 1. The summed E-state index contributed by atoms with van der Waals surface area (Å²) in [5.41, 5.74) is 3.99. The third-order valence-electron chi connectivity index (χ3n) is 6.91. The predicted octanol–water partition coefficient (Wildman–Crippen LogP) is 4.41. The Morgan fingerprint density at radius 3 is 2.35 bits per heavy atom. The van der Waals surface area contributed by atoms with Gasteiger partial charge in [0, 0.05) is 63.7 Å². The number of aromatic nitrogens is 2. The average Bonchev–Trinajstić information content (AvgIpc) is 2.96. The third-order valence-corrected chi connectivity index (χ3v) is 6.91. The topological polar surface area (TPSA) is 103 Å². The summed E-state index contributed by atoms with van der Waals surface area (Å²) in [5.74, 6) is 0.430. The molecule has 10 nitrogen and oxygen atoms in total. The summed E-state index contributed by atoms with van der Waals surface area (Å²) in [7, 11) is 7.57. The molecule has 0 saturated carbocycles. The van der Waals surface area contributed by atoms with Gasteiger partial charge in [-0.05, 0) is 69.8 Å².